The van der Waals surface area contributed by atoms with Gasteiger partial charge < -0.3 is 14.6 Å². The lowest BCUT2D eigenvalue weighted by atomic mass is 10.1. The van der Waals surface area contributed by atoms with E-state index in [1.807, 2.05) is 37.3 Å². The van der Waals surface area contributed by atoms with Gasteiger partial charge >= 0.3 is 5.56 Å². The molecule has 0 radical (unpaired) electrons. The molecule has 0 fully saturated rings. The first-order valence-electron chi connectivity index (χ1n) is 9.64. The lowest BCUT2D eigenvalue weighted by molar-refractivity contribution is 0.0282. The van der Waals surface area contributed by atoms with Gasteiger partial charge in [-0.3, -0.25) is 9.36 Å². The largest absolute Gasteiger partial charge is 0.490 e. The monoisotopic (exact) mass is 428 g/mol. The fourth-order valence-electron chi connectivity index (χ4n) is 2.81. The van der Waals surface area contributed by atoms with Gasteiger partial charge in [-0.05, 0) is 62.2 Å². The summed E-state index contributed by atoms with van der Waals surface area (Å²) >= 11 is 5.89. The Bertz CT molecular complexity index is 1060. The Labute approximate surface area is 180 Å². The number of hydrogen-bond acceptors (Lipinski definition) is 5. The number of hydrogen-bond donors (Lipinski definition) is 1. The SMILES string of the molecule is Cc1cc(-n2ccnc(OCCc3ccc(Cl)cc3)c2=O)ccc1OCC(C)(C)O. The van der Waals surface area contributed by atoms with Gasteiger partial charge in [0.15, 0.2) is 0 Å². The van der Waals surface area contributed by atoms with Crippen LogP contribution in [-0.4, -0.2) is 33.5 Å². The number of halogens is 1. The lowest BCUT2D eigenvalue weighted by Crippen LogP contribution is -2.28. The van der Waals surface area contributed by atoms with Crippen LogP contribution in [0.5, 0.6) is 11.6 Å². The van der Waals surface area contributed by atoms with Gasteiger partial charge in [-0.25, -0.2) is 4.98 Å². The predicted molar refractivity (Wildman–Crippen MR) is 117 cm³/mol. The minimum absolute atomic E-state index is 0.0477. The topological polar surface area (TPSA) is 73.6 Å². The molecule has 0 aliphatic rings. The minimum atomic E-state index is -0.925. The lowest BCUT2D eigenvalue weighted by Gasteiger charge is -2.19. The van der Waals surface area contributed by atoms with E-state index in [2.05, 4.69) is 4.98 Å². The van der Waals surface area contributed by atoms with Crippen LogP contribution in [0, 0.1) is 6.92 Å². The van der Waals surface area contributed by atoms with Crippen molar-refractivity contribution in [3.63, 3.8) is 0 Å². The number of aliphatic hydroxyl groups is 1. The molecule has 0 saturated heterocycles. The standard InChI is InChI=1S/C23H25ClN2O4/c1-16-14-19(8-9-20(16)30-15-23(2,3)28)26-12-11-25-21(22(26)27)29-13-10-17-4-6-18(24)7-5-17/h4-9,11-12,14,28H,10,13,15H2,1-3H3. The maximum atomic E-state index is 12.8. The Morgan fingerprint density at radius 1 is 1.13 bits per heavy atom. The molecule has 2 aromatic carbocycles. The number of aromatic nitrogens is 2. The van der Waals surface area contributed by atoms with E-state index >= 15 is 0 Å². The molecule has 30 heavy (non-hydrogen) atoms. The summed E-state index contributed by atoms with van der Waals surface area (Å²) in [5.41, 5.74) is 1.33. The maximum Gasteiger partial charge on any atom is 0.317 e. The third-order valence-corrected chi connectivity index (χ3v) is 4.62. The molecule has 3 aromatic rings. The van der Waals surface area contributed by atoms with E-state index in [0.717, 1.165) is 11.1 Å². The highest BCUT2D eigenvalue weighted by Gasteiger charge is 2.15. The van der Waals surface area contributed by atoms with Crippen LogP contribution in [0.1, 0.15) is 25.0 Å². The molecule has 0 amide bonds. The number of nitrogens with zero attached hydrogens (tertiary/aromatic N) is 2. The van der Waals surface area contributed by atoms with Crippen LogP contribution in [0.3, 0.4) is 0 Å². The van der Waals surface area contributed by atoms with Crippen molar-refractivity contribution >= 4 is 11.6 Å². The van der Waals surface area contributed by atoms with Crippen molar-refractivity contribution in [1.29, 1.82) is 0 Å². The zero-order valence-corrected chi connectivity index (χ0v) is 18.0. The van der Waals surface area contributed by atoms with Crippen molar-refractivity contribution < 1.29 is 14.6 Å². The van der Waals surface area contributed by atoms with Gasteiger partial charge in [-0.15, -0.1) is 0 Å². The smallest absolute Gasteiger partial charge is 0.317 e. The second-order valence-electron chi connectivity index (χ2n) is 7.68. The summed E-state index contributed by atoms with van der Waals surface area (Å²) in [6.45, 7) is 5.76. The number of benzene rings is 2. The Hall–Kier alpha value is -2.83. The molecule has 0 aliphatic carbocycles. The second-order valence-corrected chi connectivity index (χ2v) is 8.12. The van der Waals surface area contributed by atoms with E-state index in [4.69, 9.17) is 21.1 Å². The molecule has 0 aliphatic heterocycles. The van der Waals surface area contributed by atoms with E-state index in [9.17, 15) is 9.90 Å². The van der Waals surface area contributed by atoms with Gasteiger partial charge in [0.05, 0.1) is 12.2 Å². The van der Waals surface area contributed by atoms with Crippen molar-refractivity contribution in [3.05, 3.63) is 81.4 Å². The first kappa shape index (κ1) is 21.9. The van der Waals surface area contributed by atoms with Crippen molar-refractivity contribution in [2.45, 2.75) is 32.8 Å². The number of ether oxygens (including phenoxy) is 2. The van der Waals surface area contributed by atoms with Gasteiger partial charge in [0.25, 0.3) is 5.88 Å². The van der Waals surface area contributed by atoms with Crippen LogP contribution < -0.4 is 15.0 Å². The summed E-state index contributed by atoms with van der Waals surface area (Å²) in [5.74, 6) is 0.703. The molecule has 0 saturated carbocycles. The molecule has 6 nitrogen and oxygen atoms in total. The Morgan fingerprint density at radius 3 is 2.53 bits per heavy atom. The van der Waals surface area contributed by atoms with E-state index in [1.54, 1.807) is 32.2 Å². The van der Waals surface area contributed by atoms with Gasteiger partial charge in [-0.2, -0.15) is 0 Å². The summed E-state index contributed by atoms with van der Waals surface area (Å²) in [5, 5.41) is 10.5. The van der Waals surface area contributed by atoms with Crippen molar-refractivity contribution in [1.82, 2.24) is 9.55 Å². The maximum absolute atomic E-state index is 12.8. The van der Waals surface area contributed by atoms with Crippen LogP contribution >= 0.6 is 11.6 Å². The summed E-state index contributed by atoms with van der Waals surface area (Å²) in [6, 6.07) is 12.9. The number of aryl methyl sites for hydroxylation is 1. The summed E-state index contributed by atoms with van der Waals surface area (Å²) in [7, 11) is 0. The molecule has 0 spiro atoms. The molecule has 1 aromatic heterocycles. The highest BCUT2D eigenvalue weighted by atomic mass is 35.5. The minimum Gasteiger partial charge on any atom is -0.490 e. The summed E-state index contributed by atoms with van der Waals surface area (Å²) in [6.07, 6.45) is 3.77. The quantitative estimate of drug-likeness (QED) is 0.587. The molecular weight excluding hydrogens is 404 g/mol. The van der Waals surface area contributed by atoms with E-state index in [-0.39, 0.29) is 18.0 Å². The molecule has 0 unspecified atom stereocenters. The average Bonchev–Trinajstić information content (AvgIpc) is 2.69. The molecule has 1 heterocycles. The highest BCUT2D eigenvalue weighted by Crippen LogP contribution is 2.22. The van der Waals surface area contributed by atoms with E-state index in [1.165, 1.54) is 10.8 Å². The summed E-state index contributed by atoms with van der Waals surface area (Å²) in [4.78, 5) is 16.9. The highest BCUT2D eigenvalue weighted by molar-refractivity contribution is 6.30. The first-order chi connectivity index (χ1) is 14.2. The molecule has 7 heteroatoms. The molecule has 158 valence electrons. The third-order valence-electron chi connectivity index (χ3n) is 4.37. The second kappa shape index (κ2) is 9.32. The van der Waals surface area contributed by atoms with Crippen LogP contribution in [0.4, 0.5) is 0 Å². The van der Waals surface area contributed by atoms with Crippen LogP contribution in [0.15, 0.2) is 59.7 Å². The normalized spacial score (nSPS) is 11.4. The summed E-state index contributed by atoms with van der Waals surface area (Å²) < 4.78 is 12.8. The molecule has 0 bridgehead atoms. The van der Waals surface area contributed by atoms with Crippen LogP contribution in [0.2, 0.25) is 5.02 Å². The molecule has 3 rings (SSSR count). The van der Waals surface area contributed by atoms with E-state index in [0.29, 0.717) is 29.5 Å². The Morgan fingerprint density at radius 2 is 1.87 bits per heavy atom. The zero-order valence-electron chi connectivity index (χ0n) is 17.3. The van der Waals surface area contributed by atoms with E-state index < -0.39 is 5.60 Å². The Balaban J connectivity index is 1.71. The van der Waals surface area contributed by atoms with Crippen molar-refractivity contribution in [2.75, 3.05) is 13.2 Å². The van der Waals surface area contributed by atoms with Gasteiger partial charge in [-0.1, -0.05) is 23.7 Å². The average molecular weight is 429 g/mol. The predicted octanol–water partition coefficient (Wildman–Crippen LogP) is 3.97. The number of rotatable bonds is 8. The molecule has 0 atom stereocenters. The van der Waals surface area contributed by atoms with Gasteiger partial charge in [0, 0.05) is 29.5 Å². The molecule has 1 N–H and O–H groups in total. The first-order valence-corrected chi connectivity index (χ1v) is 10.0. The fraction of sp³-hybridized carbons (Fsp3) is 0.304. The van der Waals surface area contributed by atoms with Crippen LogP contribution in [-0.2, 0) is 6.42 Å². The fourth-order valence-corrected chi connectivity index (χ4v) is 2.94. The van der Waals surface area contributed by atoms with Gasteiger partial charge in [0.1, 0.15) is 12.4 Å². The zero-order chi connectivity index (χ0) is 21.7. The third kappa shape index (κ3) is 5.84. The van der Waals surface area contributed by atoms with Crippen molar-refractivity contribution in [3.8, 4) is 17.3 Å². The van der Waals surface area contributed by atoms with Crippen LogP contribution in [0.25, 0.3) is 5.69 Å². The van der Waals surface area contributed by atoms with Gasteiger partial charge in [0.2, 0.25) is 0 Å². The Kier molecular flexibility index (Phi) is 6.80. The molecular formula is C23H25ClN2O4. The van der Waals surface area contributed by atoms with Crippen molar-refractivity contribution in [2.24, 2.45) is 0 Å².